The molecule has 126 valence electrons. The number of aromatic amines is 1. The summed E-state index contributed by atoms with van der Waals surface area (Å²) in [5.41, 5.74) is 6.44. The number of nitrogens with zero attached hydrogens (tertiary/aromatic N) is 2. The summed E-state index contributed by atoms with van der Waals surface area (Å²) in [4.78, 5) is 16.4. The topological polar surface area (TPSA) is 70.7 Å². The molecule has 2 aromatic heterocycles. The second-order valence-electron chi connectivity index (χ2n) is 6.60. The number of rotatable bonds is 1. The van der Waals surface area contributed by atoms with Gasteiger partial charge >= 0.3 is 0 Å². The standard InChI is InChI=1S/C21H16N4O/c1-12-6-8-13(9-7-12)18-16-10-22-20-19(16)15(11-23-25-20)14-4-2-3-5-17(14)24-21(18)26/h2-11,18H,1H3,(H,22,25)(H,24,26). The van der Waals surface area contributed by atoms with Crippen LogP contribution in [0.5, 0.6) is 0 Å². The number of carbonyl (C=O) groups excluding carboxylic acids is 1. The summed E-state index contributed by atoms with van der Waals surface area (Å²) in [5.74, 6) is -0.467. The van der Waals surface area contributed by atoms with Gasteiger partial charge in [-0.3, -0.25) is 4.79 Å². The largest absolute Gasteiger partial charge is 0.344 e. The highest BCUT2D eigenvalue weighted by Crippen LogP contribution is 2.41. The van der Waals surface area contributed by atoms with E-state index >= 15 is 0 Å². The fourth-order valence-corrected chi connectivity index (χ4v) is 3.69. The Morgan fingerprint density at radius 2 is 1.81 bits per heavy atom. The van der Waals surface area contributed by atoms with Crippen LogP contribution in [0.4, 0.5) is 5.69 Å². The van der Waals surface area contributed by atoms with Crippen molar-refractivity contribution in [2.45, 2.75) is 12.8 Å². The van der Waals surface area contributed by atoms with Gasteiger partial charge in [0.1, 0.15) is 0 Å². The van der Waals surface area contributed by atoms with Crippen molar-refractivity contribution in [3.63, 3.8) is 0 Å². The average Bonchev–Trinajstić information content (AvgIpc) is 3.07. The molecule has 1 unspecified atom stereocenters. The Balaban J connectivity index is 1.85. The second-order valence-corrected chi connectivity index (χ2v) is 6.60. The molecule has 1 aliphatic heterocycles. The first-order valence-corrected chi connectivity index (χ1v) is 8.52. The number of aromatic nitrogens is 3. The maximum atomic E-state index is 13.2. The fraction of sp³-hybridized carbons (Fsp3) is 0.0952. The summed E-state index contributed by atoms with van der Waals surface area (Å²) in [6.45, 7) is 2.04. The Bertz CT molecular complexity index is 1140. The molecule has 26 heavy (non-hydrogen) atoms. The van der Waals surface area contributed by atoms with E-state index in [-0.39, 0.29) is 5.91 Å². The first kappa shape index (κ1) is 14.8. The predicted molar refractivity (Wildman–Crippen MR) is 101 cm³/mol. The van der Waals surface area contributed by atoms with Crippen LogP contribution in [0.15, 0.2) is 60.9 Å². The predicted octanol–water partition coefficient (Wildman–Crippen LogP) is 4.02. The van der Waals surface area contributed by atoms with Crippen molar-refractivity contribution in [3.05, 3.63) is 77.6 Å². The van der Waals surface area contributed by atoms with Crippen molar-refractivity contribution in [1.29, 1.82) is 0 Å². The van der Waals surface area contributed by atoms with E-state index < -0.39 is 5.92 Å². The molecule has 5 heteroatoms. The maximum Gasteiger partial charge on any atom is 0.236 e. The number of nitrogens with one attached hydrogen (secondary N) is 2. The van der Waals surface area contributed by atoms with Gasteiger partial charge in [0.2, 0.25) is 5.91 Å². The molecule has 0 radical (unpaired) electrons. The van der Waals surface area contributed by atoms with Crippen LogP contribution in [0.1, 0.15) is 22.6 Å². The van der Waals surface area contributed by atoms with E-state index in [2.05, 4.69) is 20.5 Å². The molecule has 4 aromatic rings. The molecule has 2 aromatic carbocycles. The van der Waals surface area contributed by atoms with E-state index in [0.29, 0.717) is 5.65 Å². The fourth-order valence-electron chi connectivity index (χ4n) is 3.69. The van der Waals surface area contributed by atoms with Gasteiger partial charge in [-0.15, -0.1) is 5.10 Å². The maximum absolute atomic E-state index is 13.2. The third-order valence-corrected chi connectivity index (χ3v) is 4.96. The normalized spacial score (nSPS) is 15.9. The monoisotopic (exact) mass is 340 g/mol. The molecule has 2 N–H and O–H groups in total. The van der Waals surface area contributed by atoms with Crippen LogP contribution in [0, 0.1) is 6.92 Å². The summed E-state index contributed by atoms with van der Waals surface area (Å²) in [5, 5.41) is 12.4. The van der Waals surface area contributed by atoms with Crippen molar-refractivity contribution in [2.75, 3.05) is 5.32 Å². The van der Waals surface area contributed by atoms with Crippen LogP contribution in [-0.2, 0) is 4.79 Å². The average molecular weight is 340 g/mol. The lowest BCUT2D eigenvalue weighted by atomic mass is 9.86. The van der Waals surface area contributed by atoms with Gasteiger partial charge in [-0.25, -0.2) is 0 Å². The number of aryl methyl sites for hydroxylation is 1. The molecule has 0 saturated heterocycles. The Morgan fingerprint density at radius 3 is 2.65 bits per heavy atom. The van der Waals surface area contributed by atoms with E-state index in [0.717, 1.165) is 38.9 Å². The zero-order valence-electron chi connectivity index (χ0n) is 14.2. The van der Waals surface area contributed by atoms with Crippen molar-refractivity contribution in [2.24, 2.45) is 0 Å². The minimum absolute atomic E-state index is 0.0512. The van der Waals surface area contributed by atoms with Gasteiger partial charge in [0.05, 0.1) is 12.1 Å². The number of anilines is 1. The van der Waals surface area contributed by atoms with Crippen LogP contribution in [-0.4, -0.2) is 21.1 Å². The van der Waals surface area contributed by atoms with E-state index in [1.165, 1.54) is 0 Å². The van der Waals surface area contributed by atoms with Crippen LogP contribution >= 0.6 is 0 Å². The Hall–Kier alpha value is -3.47. The van der Waals surface area contributed by atoms with Crippen molar-refractivity contribution >= 4 is 22.6 Å². The summed E-state index contributed by atoms with van der Waals surface area (Å²) >= 11 is 0. The zero-order valence-corrected chi connectivity index (χ0v) is 14.2. The Kier molecular flexibility index (Phi) is 3.15. The number of carbonyl (C=O) groups is 1. The minimum atomic E-state index is -0.416. The van der Waals surface area contributed by atoms with Crippen LogP contribution < -0.4 is 5.32 Å². The first-order chi connectivity index (χ1) is 12.7. The van der Waals surface area contributed by atoms with E-state index in [1.807, 2.05) is 61.7 Å². The lowest BCUT2D eigenvalue weighted by molar-refractivity contribution is -0.116. The molecule has 1 amide bonds. The smallest absolute Gasteiger partial charge is 0.236 e. The molecule has 0 saturated carbocycles. The number of hydrogen-bond acceptors (Lipinski definition) is 3. The number of hydrogen-bond donors (Lipinski definition) is 2. The number of amides is 1. The third-order valence-electron chi connectivity index (χ3n) is 4.96. The van der Waals surface area contributed by atoms with Crippen LogP contribution in [0.3, 0.4) is 0 Å². The summed E-state index contributed by atoms with van der Waals surface area (Å²) in [7, 11) is 0. The molecule has 1 atom stereocenters. The van der Waals surface area contributed by atoms with Gasteiger partial charge in [-0.2, -0.15) is 5.10 Å². The van der Waals surface area contributed by atoms with Crippen LogP contribution in [0.2, 0.25) is 0 Å². The molecule has 5 rings (SSSR count). The lowest BCUT2D eigenvalue weighted by Crippen LogP contribution is -2.23. The number of benzene rings is 2. The second kappa shape index (κ2) is 5.52. The highest BCUT2D eigenvalue weighted by Gasteiger charge is 2.30. The minimum Gasteiger partial charge on any atom is -0.344 e. The van der Waals surface area contributed by atoms with Gasteiger partial charge in [0.15, 0.2) is 5.65 Å². The SMILES string of the molecule is Cc1ccc(C2C(=O)Nc3ccccc3-c3cnnc4[nH]cc2c34)cc1. The highest BCUT2D eigenvalue weighted by atomic mass is 16.1. The van der Waals surface area contributed by atoms with Crippen LogP contribution in [0.25, 0.3) is 22.2 Å². The molecule has 0 bridgehead atoms. The molecular weight excluding hydrogens is 324 g/mol. The zero-order chi connectivity index (χ0) is 17.7. The van der Waals surface area contributed by atoms with E-state index in [1.54, 1.807) is 6.20 Å². The van der Waals surface area contributed by atoms with Gasteiger partial charge in [-0.05, 0) is 24.1 Å². The number of fused-ring (bicyclic) bond motifs is 2. The van der Waals surface area contributed by atoms with E-state index in [9.17, 15) is 4.79 Å². The van der Waals surface area contributed by atoms with E-state index in [4.69, 9.17) is 0 Å². The lowest BCUT2D eigenvalue weighted by Gasteiger charge is -2.22. The third kappa shape index (κ3) is 2.14. The quantitative estimate of drug-likeness (QED) is 0.550. The molecule has 0 fully saturated rings. The molecule has 0 aliphatic carbocycles. The Morgan fingerprint density at radius 1 is 1.00 bits per heavy atom. The Labute approximate surface area is 150 Å². The van der Waals surface area contributed by atoms with Crippen molar-refractivity contribution in [3.8, 4) is 11.1 Å². The summed E-state index contributed by atoms with van der Waals surface area (Å²) in [6.07, 6.45) is 3.64. The molecular formula is C21H16N4O. The highest BCUT2D eigenvalue weighted by molar-refractivity contribution is 6.09. The first-order valence-electron chi connectivity index (χ1n) is 8.52. The van der Waals surface area contributed by atoms with Crippen molar-refractivity contribution in [1.82, 2.24) is 15.2 Å². The van der Waals surface area contributed by atoms with Gasteiger partial charge in [0.25, 0.3) is 0 Å². The molecule has 1 aliphatic rings. The molecule has 0 spiro atoms. The summed E-state index contributed by atoms with van der Waals surface area (Å²) in [6, 6.07) is 15.9. The van der Waals surface area contributed by atoms with Crippen molar-refractivity contribution < 1.29 is 4.79 Å². The number of para-hydroxylation sites is 1. The molecule has 5 nitrogen and oxygen atoms in total. The van der Waals surface area contributed by atoms with Gasteiger partial charge in [-0.1, -0.05) is 48.0 Å². The number of H-pyrrole nitrogens is 1. The summed E-state index contributed by atoms with van der Waals surface area (Å²) < 4.78 is 0. The molecule has 3 heterocycles. The van der Waals surface area contributed by atoms with Gasteiger partial charge < -0.3 is 10.3 Å². The van der Waals surface area contributed by atoms with Gasteiger partial charge in [0, 0.05) is 28.4 Å².